The van der Waals surface area contributed by atoms with E-state index in [4.69, 9.17) is 4.74 Å². The summed E-state index contributed by atoms with van der Waals surface area (Å²) in [6.45, 7) is 10.7. The first-order valence-electron chi connectivity index (χ1n) is 12.1. The van der Waals surface area contributed by atoms with Gasteiger partial charge in [0.2, 0.25) is 0 Å². The summed E-state index contributed by atoms with van der Waals surface area (Å²) in [6, 6.07) is 22.4. The fraction of sp³-hybridized carbons (Fsp3) is 0.379. The Labute approximate surface area is 230 Å². The minimum Gasteiger partial charge on any atom is -0.745 e. The summed E-state index contributed by atoms with van der Waals surface area (Å²) in [4.78, 5) is 2.84. The molecule has 0 spiro atoms. The highest BCUT2D eigenvalue weighted by Gasteiger charge is 2.62. The van der Waals surface area contributed by atoms with Crippen LogP contribution in [0.2, 0.25) is 0 Å². The molecular weight excluding hydrogens is 552 g/mol. The Kier molecular flexibility index (Phi) is 8.56. The lowest BCUT2D eigenvalue weighted by Gasteiger charge is -2.29. The third kappa shape index (κ3) is 6.96. The predicted molar refractivity (Wildman–Crippen MR) is 144 cm³/mol. The van der Waals surface area contributed by atoms with E-state index in [0.717, 1.165) is 25.8 Å². The summed E-state index contributed by atoms with van der Waals surface area (Å²) < 4.78 is 91.2. The second-order valence-corrected chi connectivity index (χ2v) is 14.9. The zero-order valence-corrected chi connectivity index (χ0v) is 24.2. The fourth-order valence-corrected chi connectivity index (χ4v) is 6.26. The van der Waals surface area contributed by atoms with Gasteiger partial charge >= 0.3 is 11.2 Å². The molecular formula is C29H32F4O4S2. The number of hydrogen-bond acceptors (Lipinski definition) is 4. The number of benzene rings is 3. The van der Waals surface area contributed by atoms with Gasteiger partial charge in [-0.25, -0.2) is 12.8 Å². The van der Waals surface area contributed by atoms with Crippen molar-refractivity contribution < 1.29 is 35.3 Å². The highest BCUT2D eigenvalue weighted by molar-refractivity contribution is 7.97. The molecule has 0 heterocycles. The summed E-state index contributed by atoms with van der Waals surface area (Å²) >= 11 is 0. The molecule has 1 unspecified atom stereocenters. The van der Waals surface area contributed by atoms with Gasteiger partial charge in [-0.15, -0.1) is 0 Å². The van der Waals surface area contributed by atoms with Gasteiger partial charge in [-0.05, 0) is 70.5 Å². The van der Waals surface area contributed by atoms with Crippen LogP contribution in [0.15, 0.2) is 87.5 Å². The van der Waals surface area contributed by atoms with Crippen molar-refractivity contribution >= 4 is 21.0 Å². The van der Waals surface area contributed by atoms with Crippen LogP contribution in [0.3, 0.4) is 0 Å². The smallest absolute Gasteiger partial charge is 0.439 e. The summed E-state index contributed by atoms with van der Waals surface area (Å²) in [5, 5.41) is -5.06. The van der Waals surface area contributed by atoms with Crippen LogP contribution in [0, 0.1) is 0 Å². The van der Waals surface area contributed by atoms with Crippen molar-refractivity contribution in [2.45, 2.75) is 78.2 Å². The van der Waals surface area contributed by atoms with Crippen molar-refractivity contribution in [3.63, 3.8) is 0 Å². The summed E-state index contributed by atoms with van der Waals surface area (Å²) in [6.07, 6.45) is -5.95. The van der Waals surface area contributed by atoms with E-state index in [0.29, 0.717) is 0 Å². The molecule has 3 rings (SSSR count). The summed E-state index contributed by atoms with van der Waals surface area (Å²) in [5.41, 5.74) is 2.25. The van der Waals surface area contributed by atoms with Gasteiger partial charge in [-0.2, -0.15) is 13.2 Å². The van der Waals surface area contributed by atoms with E-state index in [1.165, 1.54) is 12.1 Å². The van der Waals surface area contributed by atoms with Crippen molar-refractivity contribution in [3.8, 4) is 5.75 Å². The Hall–Kier alpha value is -2.56. The second-order valence-electron chi connectivity index (χ2n) is 11.3. The Bertz CT molecular complexity index is 1310. The molecule has 0 bridgehead atoms. The maximum Gasteiger partial charge on any atom is 0.439 e. The lowest BCUT2D eigenvalue weighted by molar-refractivity contribution is -0.207. The lowest BCUT2D eigenvalue weighted by Crippen LogP contribution is -2.52. The number of halogens is 4. The number of hydrogen-bond donors (Lipinski definition) is 0. The minimum absolute atomic E-state index is 0.0376. The van der Waals surface area contributed by atoms with E-state index in [2.05, 4.69) is 65.8 Å². The average Bonchev–Trinajstić information content (AvgIpc) is 2.81. The van der Waals surface area contributed by atoms with Crippen molar-refractivity contribution in [3.05, 3.63) is 83.9 Å². The second kappa shape index (κ2) is 10.8. The van der Waals surface area contributed by atoms with Gasteiger partial charge in [0, 0.05) is 0 Å². The molecule has 0 saturated carbocycles. The maximum atomic E-state index is 14.2. The molecule has 0 radical (unpaired) electrons. The van der Waals surface area contributed by atoms with Gasteiger partial charge in [-0.1, -0.05) is 65.8 Å². The fourth-order valence-electron chi connectivity index (χ4n) is 3.73. The quantitative estimate of drug-likeness (QED) is 0.164. The molecule has 0 aromatic heterocycles. The van der Waals surface area contributed by atoms with E-state index in [1.807, 2.05) is 24.3 Å². The molecule has 3 aromatic carbocycles. The monoisotopic (exact) mass is 584 g/mol. The first-order chi connectivity index (χ1) is 17.7. The van der Waals surface area contributed by atoms with Crippen LogP contribution in [-0.2, 0) is 31.8 Å². The molecule has 0 aliphatic rings. The van der Waals surface area contributed by atoms with E-state index in [1.54, 1.807) is 12.1 Å². The van der Waals surface area contributed by atoms with Crippen LogP contribution in [0.4, 0.5) is 17.6 Å². The molecule has 0 aliphatic heterocycles. The van der Waals surface area contributed by atoms with Crippen LogP contribution >= 0.6 is 0 Å². The molecule has 4 nitrogen and oxygen atoms in total. The van der Waals surface area contributed by atoms with Gasteiger partial charge in [-0.3, -0.25) is 0 Å². The van der Waals surface area contributed by atoms with Crippen LogP contribution in [0.25, 0.3) is 0 Å². The van der Waals surface area contributed by atoms with Crippen LogP contribution in [0.5, 0.6) is 5.75 Å². The molecule has 0 aliphatic carbocycles. The standard InChI is InChI=1S/C29H32F4O4S2/c1-26(2,3)20-7-13-23(14-8-20)38(24-15-9-21(10-16-24)27(4,5)6)25-17-11-22(12-18-25)37-19-28(30,29(31,32)33)39(34,35)36/h7-18H,19H2,1-6H3. The topological polar surface area (TPSA) is 66.4 Å². The average molecular weight is 585 g/mol. The largest absolute Gasteiger partial charge is 0.745 e. The van der Waals surface area contributed by atoms with Gasteiger partial charge in [0.15, 0.2) is 14.7 Å². The molecule has 10 heteroatoms. The zero-order valence-electron chi connectivity index (χ0n) is 22.6. The van der Waals surface area contributed by atoms with Crippen molar-refractivity contribution in [1.29, 1.82) is 0 Å². The summed E-state index contributed by atoms with van der Waals surface area (Å²) in [7, 11) is -6.98. The van der Waals surface area contributed by atoms with Crippen molar-refractivity contribution in [1.82, 2.24) is 0 Å². The molecule has 0 fully saturated rings. The van der Waals surface area contributed by atoms with Crippen LogP contribution in [0.1, 0.15) is 52.7 Å². The molecule has 1 atom stereocenters. The number of alkyl halides is 4. The van der Waals surface area contributed by atoms with Crippen molar-refractivity contribution in [2.24, 2.45) is 0 Å². The van der Waals surface area contributed by atoms with E-state index in [9.17, 15) is 30.5 Å². The maximum absolute atomic E-state index is 14.2. The Morgan fingerprint density at radius 3 is 1.28 bits per heavy atom. The number of rotatable bonds is 7. The molecule has 0 amide bonds. The third-order valence-electron chi connectivity index (χ3n) is 6.22. The normalized spacial score (nSPS) is 14.8. The number of ether oxygens (including phenoxy) is 1. The first-order valence-corrected chi connectivity index (χ1v) is 14.8. The first kappa shape index (κ1) is 31.0. The Morgan fingerprint density at radius 1 is 0.667 bits per heavy atom. The lowest BCUT2D eigenvalue weighted by atomic mass is 9.87. The van der Waals surface area contributed by atoms with E-state index >= 15 is 0 Å². The van der Waals surface area contributed by atoms with Crippen LogP contribution in [-0.4, -0.2) is 30.8 Å². The van der Waals surface area contributed by atoms with Crippen molar-refractivity contribution in [2.75, 3.05) is 6.61 Å². The zero-order chi connectivity index (χ0) is 29.4. The molecule has 212 valence electrons. The third-order valence-corrected chi connectivity index (χ3v) is 9.59. The van der Waals surface area contributed by atoms with E-state index in [-0.39, 0.29) is 16.6 Å². The molecule has 3 aromatic rings. The Balaban J connectivity index is 1.98. The van der Waals surface area contributed by atoms with Gasteiger partial charge in [0.05, 0.1) is 10.9 Å². The highest BCUT2D eigenvalue weighted by atomic mass is 32.2. The molecule has 0 saturated heterocycles. The van der Waals surface area contributed by atoms with Gasteiger partial charge in [0.1, 0.15) is 22.5 Å². The van der Waals surface area contributed by atoms with Gasteiger partial charge < -0.3 is 9.29 Å². The minimum atomic E-state index is -6.38. The van der Waals surface area contributed by atoms with Gasteiger partial charge in [0.25, 0.3) is 0 Å². The summed E-state index contributed by atoms with van der Waals surface area (Å²) in [5.74, 6) is -0.205. The Morgan fingerprint density at radius 2 is 1.00 bits per heavy atom. The SMILES string of the molecule is CC(C)(C)c1ccc([S+](c2ccc(OCC(F)(C(F)(F)F)S(=O)(=O)[O-])cc2)c2ccc(C(C)(C)C)cc2)cc1. The molecule has 0 N–H and O–H groups in total. The predicted octanol–water partition coefficient (Wildman–Crippen LogP) is 7.53. The molecule has 39 heavy (non-hydrogen) atoms. The van der Waals surface area contributed by atoms with Crippen LogP contribution < -0.4 is 4.74 Å². The highest BCUT2D eigenvalue weighted by Crippen LogP contribution is 2.39. The van der Waals surface area contributed by atoms with E-state index < -0.39 is 38.8 Å².